The van der Waals surface area contributed by atoms with Crippen molar-refractivity contribution in [1.82, 2.24) is 30.8 Å². The minimum Gasteiger partial charge on any atom is -0.490 e. The van der Waals surface area contributed by atoms with Gasteiger partial charge in [0.1, 0.15) is 5.75 Å². The van der Waals surface area contributed by atoms with Crippen LogP contribution in [0.5, 0.6) is 5.75 Å². The number of rotatable bonds is 7. The van der Waals surface area contributed by atoms with Crippen LogP contribution >= 0.6 is 0 Å². The first-order valence-corrected chi connectivity index (χ1v) is 12.2. The Bertz CT molecular complexity index is 1110. The minimum absolute atomic E-state index is 0.131. The van der Waals surface area contributed by atoms with Gasteiger partial charge in [-0.05, 0) is 79.3 Å². The molecule has 186 valence electrons. The van der Waals surface area contributed by atoms with Gasteiger partial charge < -0.3 is 15.4 Å². The smallest absolute Gasteiger partial charge is 0.453 e. The molecule has 2 heterocycles. The van der Waals surface area contributed by atoms with Crippen molar-refractivity contribution in [1.29, 1.82) is 0 Å². The van der Waals surface area contributed by atoms with E-state index in [9.17, 15) is 13.2 Å². The van der Waals surface area contributed by atoms with Gasteiger partial charge in [0, 0.05) is 24.2 Å². The average molecular weight is 487 g/mol. The molecule has 2 fully saturated rings. The van der Waals surface area contributed by atoms with E-state index in [1.807, 2.05) is 18.2 Å². The third-order valence-corrected chi connectivity index (χ3v) is 6.78. The molecule has 2 N–H and O–H groups in total. The van der Waals surface area contributed by atoms with E-state index in [1.165, 1.54) is 5.56 Å². The van der Waals surface area contributed by atoms with Crippen LogP contribution in [0, 0.1) is 0 Å². The lowest BCUT2D eigenvalue weighted by Crippen LogP contribution is -2.45. The molecule has 10 heteroatoms. The number of alkyl halides is 3. The first-order chi connectivity index (χ1) is 17.0. The molecule has 0 radical (unpaired) electrons. The van der Waals surface area contributed by atoms with Gasteiger partial charge in [0.2, 0.25) is 0 Å². The van der Waals surface area contributed by atoms with Gasteiger partial charge in [-0.25, -0.2) is 0 Å². The lowest BCUT2D eigenvalue weighted by molar-refractivity contribution is -0.146. The molecule has 3 aromatic rings. The summed E-state index contributed by atoms with van der Waals surface area (Å²) in [6.07, 6.45) is 1.75. The third-order valence-electron chi connectivity index (χ3n) is 6.78. The number of piperidine rings is 1. The summed E-state index contributed by atoms with van der Waals surface area (Å²) in [6.45, 7) is 1.40. The predicted octanol–water partition coefficient (Wildman–Crippen LogP) is 4.59. The predicted molar refractivity (Wildman–Crippen MR) is 124 cm³/mol. The van der Waals surface area contributed by atoms with E-state index in [0.717, 1.165) is 55.3 Å². The first-order valence-electron chi connectivity index (χ1n) is 12.2. The zero-order chi connectivity index (χ0) is 24.3. The van der Waals surface area contributed by atoms with Crippen LogP contribution in [-0.2, 0) is 12.7 Å². The second-order valence-corrected chi connectivity index (χ2v) is 9.20. The van der Waals surface area contributed by atoms with Crippen LogP contribution in [-0.4, -0.2) is 38.9 Å². The highest BCUT2D eigenvalue weighted by Gasteiger charge is 2.38. The molecule has 0 unspecified atom stereocenters. The molecule has 0 bridgehead atoms. The van der Waals surface area contributed by atoms with E-state index in [4.69, 9.17) is 4.74 Å². The lowest BCUT2D eigenvalue weighted by Gasteiger charge is -2.34. The highest BCUT2D eigenvalue weighted by atomic mass is 19.4. The summed E-state index contributed by atoms with van der Waals surface area (Å²) in [5.74, 6) is -0.462. The summed E-state index contributed by atoms with van der Waals surface area (Å²) < 4.78 is 47.2. The number of ether oxygens (including phenoxy) is 1. The van der Waals surface area contributed by atoms with Gasteiger partial charge in [-0.1, -0.05) is 30.3 Å². The summed E-state index contributed by atoms with van der Waals surface area (Å²) in [4.78, 5) is 0. The third kappa shape index (κ3) is 5.48. The zero-order valence-corrected chi connectivity index (χ0v) is 19.3. The summed E-state index contributed by atoms with van der Waals surface area (Å²) >= 11 is 0. The van der Waals surface area contributed by atoms with Crippen molar-refractivity contribution in [3.63, 3.8) is 0 Å². The Hall–Kier alpha value is -2.98. The van der Waals surface area contributed by atoms with Crippen LogP contribution in [0.1, 0.15) is 61.5 Å². The molecule has 1 saturated heterocycles. The molecular weight excluding hydrogens is 457 g/mol. The van der Waals surface area contributed by atoms with E-state index in [2.05, 4.69) is 38.3 Å². The van der Waals surface area contributed by atoms with Crippen molar-refractivity contribution in [2.24, 2.45) is 0 Å². The summed E-state index contributed by atoms with van der Waals surface area (Å²) in [7, 11) is 0. The number of hydrogen-bond acceptors (Lipinski definition) is 6. The molecule has 2 aromatic carbocycles. The van der Waals surface area contributed by atoms with Crippen LogP contribution in [0.3, 0.4) is 0 Å². The van der Waals surface area contributed by atoms with Crippen LogP contribution in [0.25, 0.3) is 5.69 Å². The second kappa shape index (κ2) is 10.3. The van der Waals surface area contributed by atoms with E-state index < -0.39 is 12.0 Å². The van der Waals surface area contributed by atoms with Crippen molar-refractivity contribution >= 4 is 0 Å². The molecule has 5 rings (SSSR count). The fourth-order valence-electron chi connectivity index (χ4n) is 5.03. The molecule has 1 aliphatic carbocycles. The van der Waals surface area contributed by atoms with Gasteiger partial charge in [0.15, 0.2) is 0 Å². The van der Waals surface area contributed by atoms with Crippen LogP contribution in [0.4, 0.5) is 13.2 Å². The highest BCUT2D eigenvalue weighted by Crippen LogP contribution is 2.32. The van der Waals surface area contributed by atoms with Gasteiger partial charge in [-0.15, -0.1) is 5.10 Å². The quantitative estimate of drug-likeness (QED) is 0.509. The maximum absolute atomic E-state index is 13.4. The molecule has 7 nitrogen and oxygen atoms in total. The Morgan fingerprint density at radius 2 is 1.83 bits per heavy atom. The fourth-order valence-corrected chi connectivity index (χ4v) is 5.03. The Kier molecular flexibility index (Phi) is 7.01. The number of nitrogens with zero attached hydrogens (tertiary/aromatic N) is 4. The standard InChI is InChI=1S/C25H29F3N6O/c26-25(27,28)24-31-32-33-34(24)19-12-13-22(35-20-9-4-5-10-20)18(15-19)16-30-21-11-6-14-29-23(21)17-7-2-1-3-8-17/h1-3,7-8,12-13,15,20-21,23,29-30H,4-6,9-11,14,16H2/t21-,23-/m0/s1. The number of benzene rings is 2. The summed E-state index contributed by atoms with van der Waals surface area (Å²) in [6, 6.07) is 15.6. The Morgan fingerprint density at radius 1 is 1.03 bits per heavy atom. The van der Waals surface area contributed by atoms with Gasteiger partial charge in [-0.3, -0.25) is 0 Å². The van der Waals surface area contributed by atoms with Crippen LogP contribution in [0.2, 0.25) is 0 Å². The molecule has 35 heavy (non-hydrogen) atoms. The largest absolute Gasteiger partial charge is 0.490 e. The van der Waals surface area contributed by atoms with Crippen LogP contribution < -0.4 is 15.4 Å². The molecule has 0 amide bonds. The summed E-state index contributed by atoms with van der Waals surface area (Å²) in [5.41, 5.74) is 2.25. The molecule has 1 aromatic heterocycles. The SMILES string of the molecule is FC(F)(F)c1nnnn1-c1ccc(OC2CCCC2)c(CN[C@H]2CCCN[C@H]2c2ccccc2)c1. The van der Waals surface area contributed by atoms with E-state index in [1.54, 1.807) is 18.2 Å². The molecule has 2 atom stereocenters. The maximum atomic E-state index is 13.4. The Labute approximate surface area is 202 Å². The van der Waals surface area contributed by atoms with Gasteiger partial charge in [0.05, 0.1) is 11.8 Å². The fraction of sp³-hybridized carbons (Fsp3) is 0.480. The van der Waals surface area contributed by atoms with Crippen molar-refractivity contribution in [2.45, 2.75) is 69.4 Å². The number of tetrazole rings is 1. The molecular formula is C25H29F3N6O. The molecule has 1 saturated carbocycles. The number of hydrogen-bond donors (Lipinski definition) is 2. The number of halogens is 3. The maximum Gasteiger partial charge on any atom is 0.453 e. The topological polar surface area (TPSA) is 76.9 Å². The van der Waals surface area contributed by atoms with Crippen molar-refractivity contribution in [3.8, 4) is 11.4 Å². The van der Waals surface area contributed by atoms with Gasteiger partial charge >= 0.3 is 6.18 Å². The lowest BCUT2D eigenvalue weighted by atomic mass is 9.92. The monoisotopic (exact) mass is 486 g/mol. The van der Waals surface area contributed by atoms with E-state index >= 15 is 0 Å². The highest BCUT2D eigenvalue weighted by molar-refractivity contribution is 5.44. The molecule has 1 aliphatic heterocycles. The van der Waals surface area contributed by atoms with Crippen molar-refractivity contribution < 1.29 is 17.9 Å². The van der Waals surface area contributed by atoms with Crippen molar-refractivity contribution in [2.75, 3.05) is 6.54 Å². The van der Waals surface area contributed by atoms with Crippen molar-refractivity contribution in [3.05, 3.63) is 65.5 Å². The minimum atomic E-state index is -4.66. The first kappa shape index (κ1) is 23.7. The zero-order valence-electron chi connectivity index (χ0n) is 19.3. The summed E-state index contributed by atoms with van der Waals surface area (Å²) in [5, 5.41) is 17.3. The number of nitrogens with one attached hydrogen (secondary N) is 2. The second-order valence-electron chi connectivity index (χ2n) is 9.20. The Morgan fingerprint density at radius 3 is 2.60 bits per heavy atom. The van der Waals surface area contributed by atoms with E-state index in [0.29, 0.717) is 12.3 Å². The number of aromatic nitrogens is 4. The normalized spacial score (nSPS) is 21.3. The molecule has 2 aliphatic rings. The van der Waals surface area contributed by atoms with Gasteiger partial charge in [0.25, 0.3) is 5.82 Å². The van der Waals surface area contributed by atoms with E-state index in [-0.39, 0.29) is 23.9 Å². The molecule has 0 spiro atoms. The average Bonchev–Trinajstić information content (AvgIpc) is 3.57. The van der Waals surface area contributed by atoms with Gasteiger partial charge in [-0.2, -0.15) is 17.9 Å². The van der Waals surface area contributed by atoms with Crippen LogP contribution in [0.15, 0.2) is 48.5 Å². The Balaban J connectivity index is 1.41.